The number of benzene rings is 9. The standard InChI is InChI=1S/C71H47B3F4N4O4S2/c1-32-15-51-61-52(16-32)82(65-47(77)24-37(25-48(65)78)71(7,8)9)50-30-56-44(74-63-58(84-56)18-34(3)20-60(63)88-67-40-26-38(80-10)12-14-54(40)86-69(67)74)28-42(50)72(61)41-27-43-55(29-49(41)81(51)64-45(75)22-36(23-46(64)76)70(4,5)6)83-57-17-33(2)19-59-62(57)73(43)68-66(87-59)39-21-35(31-79)11-13-53(39)85-68/h11-30H,1-9H3. The number of aryl methyl sites for hydroxylation is 3. The van der Waals surface area contributed by atoms with Gasteiger partial charge in [-0.3, -0.25) is 0 Å². The van der Waals surface area contributed by atoms with Crippen LogP contribution in [0.15, 0.2) is 150 Å². The summed E-state index contributed by atoms with van der Waals surface area (Å²) in [6.07, 6.45) is 0. The maximum atomic E-state index is 17.9. The number of nitrogens with zero attached hydrogens (tertiary/aromatic N) is 4. The highest BCUT2D eigenvalue weighted by molar-refractivity contribution is 8.00. The van der Waals surface area contributed by atoms with Crippen LogP contribution in [0.25, 0.3) is 26.8 Å². The fourth-order valence-corrected chi connectivity index (χ4v) is 17.0. The van der Waals surface area contributed by atoms with E-state index in [1.54, 1.807) is 45.5 Å². The van der Waals surface area contributed by atoms with Crippen molar-refractivity contribution in [1.29, 1.82) is 5.26 Å². The van der Waals surface area contributed by atoms with Crippen LogP contribution in [0.4, 0.5) is 57.4 Å². The molecular formula is C71H47B3F4N4O4S2. The molecule has 0 saturated heterocycles. The Hall–Kier alpha value is -9.15. The second-order valence-electron chi connectivity index (χ2n) is 26.1. The van der Waals surface area contributed by atoms with Crippen LogP contribution in [0.5, 0.6) is 23.0 Å². The Labute approximate surface area is 514 Å². The van der Waals surface area contributed by atoms with E-state index >= 15 is 17.6 Å². The van der Waals surface area contributed by atoms with Crippen molar-refractivity contribution in [3.05, 3.63) is 189 Å². The van der Waals surface area contributed by atoms with Gasteiger partial charge in [0.05, 0.1) is 39.3 Å². The molecule has 0 atom stereocenters. The molecule has 0 spiro atoms. The van der Waals surface area contributed by atoms with Crippen molar-refractivity contribution in [1.82, 2.24) is 0 Å². The molecule has 88 heavy (non-hydrogen) atoms. The van der Waals surface area contributed by atoms with E-state index < -0.39 is 54.2 Å². The number of hydrogen-bond donors (Lipinski definition) is 0. The monoisotopic (exact) mass is 1190 g/mol. The lowest BCUT2D eigenvalue weighted by Crippen LogP contribution is -2.65. The molecule has 8 heterocycles. The number of hydrogen-bond acceptors (Lipinski definition) is 9. The summed E-state index contributed by atoms with van der Waals surface area (Å²) < 4.78 is 99.7. The Morgan fingerprint density at radius 3 is 1.38 bits per heavy atom. The van der Waals surface area contributed by atoms with Crippen molar-refractivity contribution < 1.29 is 35.9 Å². The first-order valence-electron chi connectivity index (χ1n) is 29.1. The molecule has 2 aromatic heterocycles. The maximum Gasteiger partial charge on any atom is 0.298 e. The first-order valence-corrected chi connectivity index (χ1v) is 30.8. The van der Waals surface area contributed by atoms with Crippen LogP contribution in [-0.4, -0.2) is 20.1 Å². The smallest absolute Gasteiger partial charge is 0.298 e. The summed E-state index contributed by atoms with van der Waals surface area (Å²) in [6, 6.07) is 38.7. The van der Waals surface area contributed by atoms with Gasteiger partial charge in [0, 0.05) is 55.4 Å². The van der Waals surface area contributed by atoms with E-state index in [1.165, 1.54) is 24.3 Å². The summed E-state index contributed by atoms with van der Waals surface area (Å²) in [6.45, 7) is 23.4. The molecule has 0 amide bonds. The molecule has 0 N–H and O–H groups in total. The fraction of sp³-hybridized carbons (Fsp3) is 0.155. The highest BCUT2D eigenvalue weighted by atomic mass is 32.2. The Kier molecular flexibility index (Phi) is 10.9. The van der Waals surface area contributed by atoms with Crippen molar-refractivity contribution in [2.75, 3.05) is 9.80 Å². The summed E-state index contributed by atoms with van der Waals surface area (Å²) in [4.78, 5) is 10.7. The summed E-state index contributed by atoms with van der Waals surface area (Å²) in [5.74, 6) is -1.11. The first kappa shape index (κ1) is 53.1. The van der Waals surface area contributed by atoms with Gasteiger partial charge in [0.2, 0.25) is 0 Å². The zero-order valence-electron chi connectivity index (χ0n) is 49.0. The van der Waals surface area contributed by atoms with Crippen LogP contribution < -0.4 is 68.8 Å². The molecule has 0 saturated carbocycles. The molecule has 6 aliphatic rings. The second-order valence-corrected chi connectivity index (χ2v) is 28.2. The van der Waals surface area contributed by atoms with Crippen LogP contribution in [-0.2, 0) is 10.8 Å². The van der Waals surface area contributed by atoms with E-state index in [9.17, 15) is 5.26 Å². The number of halogens is 4. The van der Waals surface area contributed by atoms with Crippen molar-refractivity contribution >= 4 is 155 Å². The lowest BCUT2D eigenvalue weighted by molar-refractivity contribution is 0.485. The number of ether oxygens (including phenoxy) is 2. The minimum atomic E-state index is -0.805. The third kappa shape index (κ3) is 7.38. The predicted octanol–water partition coefficient (Wildman–Crippen LogP) is 13.9. The zero-order chi connectivity index (χ0) is 60.6. The van der Waals surface area contributed by atoms with Crippen LogP contribution in [0, 0.1) is 61.9 Å². The molecule has 9 aromatic carbocycles. The molecule has 0 radical (unpaired) electrons. The van der Waals surface area contributed by atoms with Gasteiger partial charge in [-0.25, -0.2) is 22.4 Å². The molecular weight excluding hydrogens is 1150 g/mol. The summed E-state index contributed by atoms with van der Waals surface area (Å²) in [5, 5.41) is 11.7. The number of furan rings is 2. The maximum absolute atomic E-state index is 17.9. The normalized spacial score (nSPS) is 14.4. The highest BCUT2D eigenvalue weighted by Gasteiger charge is 2.52. The van der Waals surface area contributed by atoms with E-state index in [0.29, 0.717) is 113 Å². The van der Waals surface area contributed by atoms with Gasteiger partial charge in [0.15, 0.2) is 29.0 Å². The Morgan fingerprint density at radius 1 is 0.489 bits per heavy atom. The highest BCUT2D eigenvalue weighted by Crippen LogP contribution is 2.51. The number of rotatable bonds is 2. The van der Waals surface area contributed by atoms with Gasteiger partial charge in [-0.1, -0.05) is 83.3 Å². The van der Waals surface area contributed by atoms with E-state index in [1.807, 2.05) is 123 Å². The van der Waals surface area contributed by atoms with Crippen molar-refractivity contribution in [3.8, 4) is 29.1 Å². The van der Waals surface area contributed by atoms with Gasteiger partial charge in [0.1, 0.15) is 45.5 Å². The molecule has 6 aliphatic heterocycles. The number of nitriles is 1. The second kappa shape index (κ2) is 18.0. The van der Waals surface area contributed by atoms with Crippen molar-refractivity contribution in [2.24, 2.45) is 0 Å². The summed E-state index contributed by atoms with van der Waals surface area (Å²) in [5.41, 5.74) is 11.8. The third-order valence-electron chi connectivity index (χ3n) is 18.3. The third-order valence-corrected chi connectivity index (χ3v) is 20.7. The van der Waals surface area contributed by atoms with E-state index in [4.69, 9.17) is 24.9 Å². The van der Waals surface area contributed by atoms with Gasteiger partial charge in [0.25, 0.3) is 20.1 Å². The zero-order valence-corrected chi connectivity index (χ0v) is 50.7. The molecule has 0 unspecified atom stereocenters. The average Bonchev–Trinajstić information content (AvgIpc) is 0.863. The average molecular weight is 1190 g/mol. The van der Waals surface area contributed by atoms with Crippen LogP contribution in [0.3, 0.4) is 0 Å². The lowest BCUT2D eigenvalue weighted by atomic mass is 9.30. The Balaban J connectivity index is 0.997. The minimum absolute atomic E-state index is 0.335. The van der Waals surface area contributed by atoms with E-state index in [-0.39, 0.29) is 11.4 Å². The van der Waals surface area contributed by atoms with Crippen LogP contribution in [0.1, 0.15) is 74.9 Å². The predicted molar refractivity (Wildman–Crippen MR) is 346 cm³/mol. The quantitative estimate of drug-likeness (QED) is 0.0955. The molecule has 11 aromatic rings. The largest absolute Gasteiger partial charge is 0.469 e. The SMILES string of the molecule is [C-]#[N+]c1ccc2oc3c(c2c1)Sc1cc(C)cc2c1B3c1cc3c(cc1O2)N(c1c(F)cc(C(C)(C)C)cc1F)c1cc(C)cc2c1B3c1cc3c(cc1N2c1c(F)cc(C(C)(C)C)cc1F)Oc1cc(C)cc2c1B3c1oc3ccc(C#N)cc3c1S2. The van der Waals surface area contributed by atoms with Gasteiger partial charge in [-0.05, 0) is 189 Å². The fourth-order valence-electron chi connectivity index (χ4n) is 14.3. The lowest BCUT2D eigenvalue weighted by Gasteiger charge is -2.45. The van der Waals surface area contributed by atoms with Crippen LogP contribution in [0.2, 0.25) is 0 Å². The van der Waals surface area contributed by atoms with Gasteiger partial charge < -0.3 is 28.1 Å². The summed E-state index contributed by atoms with van der Waals surface area (Å²) in [7, 11) is 0. The summed E-state index contributed by atoms with van der Waals surface area (Å²) >= 11 is 3.14. The minimum Gasteiger partial charge on any atom is -0.469 e. The van der Waals surface area contributed by atoms with Crippen molar-refractivity contribution in [2.45, 2.75) is 92.7 Å². The van der Waals surface area contributed by atoms with Crippen molar-refractivity contribution in [3.63, 3.8) is 0 Å². The van der Waals surface area contributed by atoms with E-state index in [0.717, 1.165) is 63.3 Å². The van der Waals surface area contributed by atoms with Crippen LogP contribution >= 0.6 is 23.5 Å². The molecule has 8 nitrogen and oxygen atoms in total. The molecule has 0 bridgehead atoms. The Bertz CT molecular complexity index is 4850. The molecule has 0 aliphatic carbocycles. The van der Waals surface area contributed by atoms with Gasteiger partial charge in [-0.15, -0.1) is 0 Å². The van der Waals surface area contributed by atoms with Gasteiger partial charge >= 0.3 is 0 Å². The molecule has 0 fully saturated rings. The van der Waals surface area contributed by atoms with Gasteiger partial charge in [-0.2, -0.15) is 5.26 Å². The number of anilines is 6. The topological polar surface area (TPSA) is 79.4 Å². The number of fused-ring (bicyclic) bond motifs is 16. The molecule has 17 rings (SSSR count). The Morgan fingerprint density at radius 2 is 0.932 bits per heavy atom. The first-order chi connectivity index (χ1) is 42.1. The molecule has 424 valence electrons. The molecule has 17 heteroatoms. The van der Waals surface area contributed by atoms with E-state index in [2.05, 4.69) is 35.2 Å².